The van der Waals surface area contributed by atoms with Gasteiger partial charge < -0.3 is 20.3 Å². The minimum atomic E-state index is -4.81. The lowest BCUT2D eigenvalue weighted by atomic mass is 10.0. The second-order valence-electron chi connectivity index (χ2n) is 7.30. The molecule has 0 saturated carbocycles. The van der Waals surface area contributed by atoms with Crippen molar-refractivity contribution in [2.45, 2.75) is 45.9 Å². The lowest BCUT2D eigenvalue weighted by Crippen LogP contribution is -2.40. The van der Waals surface area contributed by atoms with Crippen LogP contribution in [-0.4, -0.2) is 38.3 Å². The molecule has 5 nitrogen and oxygen atoms in total. The maximum absolute atomic E-state index is 13.6. The van der Waals surface area contributed by atoms with Gasteiger partial charge in [0.1, 0.15) is 5.75 Å². The number of benzene rings is 2. The fourth-order valence-corrected chi connectivity index (χ4v) is 3.42. The number of halogens is 5. The van der Waals surface area contributed by atoms with Crippen LogP contribution in [0.15, 0.2) is 36.4 Å². The van der Waals surface area contributed by atoms with E-state index in [-0.39, 0.29) is 37.2 Å². The van der Waals surface area contributed by atoms with Gasteiger partial charge in [0.05, 0.1) is 5.56 Å². The molecule has 2 N–H and O–H groups in total. The van der Waals surface area contributed by atoms with Crippen LogP contribution in [0.1, 0.15) is 42.6 Å². The number of rotatable bonds is 5. The molecule has 10 heteroatoms. The topological polar surface area (TPSA) is 53.6 Å². The lowest BCUT2D eigenvalue weighted by Gasteiger charge is -2.34. The van der Waals surface area contributed by atoms with Gasteiger partial charge in [0.15, 0.2) is 0 Å². The summed E-state index contributed by atoms with van der Waals surface area (Å²) in [6, 6.07) is 8.15. The summed E-state index contributed by atoms with van der Waals surface area (Å²) in [5, 5.41) is 5.62. The van der Waals surface area contributed by atoms with Crippen molar-refractivity contribution in [1.82, 2.24) is 0 Å². The Morgan fingerprint density at radius 2 is 1.64 bits per heavy atom. The van der Waals surface area contributed by atoms with Gasteiger partial charge in [0.25, 0.3) is 11.8 Å². The summed E-state index contributed by atoms with van der Waals surface area (Å²) in [7, 11) is 1.70. The molecule has 1 saturated heterocycles. The molecular weight excluding hydrogens is 445 g/mol. The van der Waals surface area contributed by atoms with Crippen LogP contribution >= 0.6 is 0 Å². The predicted molar refractivity (Wildman–Crippen MR) is 120 cm³/mol. The van der Waals surface area contributed by atoms with Gasteiger partial charge in [-0.3, -0.25) is 4.79 Å². The molecular formula is C23H28F5N3O2. The molecule has 182 valence electrons. The highest BCUT2D eigenvalue weighted by molar-refractivity contribution is 6.09. The Hall–Kier alpha value is -3.04. The molecule has 3 rings (SSSR count). The largest absolute Gasteiger partial charge is 0.573 e. The maximum atomic E-state index is 13.6. The van der Waals surface area contributed by atoms with E-state index in [9.17, 15) is 26.7 Å². The Morgan fingerprint density at radius 3 is 2.15 bits per heavy atom. The Labute approximate surface area is 189 Å². The van der Waals surface area contributed by atoms with Gasteiger partial charge in [-0.2, -0.15) is 0 Å². The molecule has 1 fully saturated rings. The van der Waals surface area contributed by atoms with Crippen LogP contribution in [0.4, 0.5) is 39.0 Å². The number of carbonyl (C=O) groups is 1. The molecule has 0 aliphatic carbocycles. The zero-order valence-corrected chi connectivity index (χ0v) is 18.9. The number of carbonyl (C=O) groups excluding carboxylic acids is 1. The fourth-order valence-electron chi connectivity index (χ4n) is 3.42. The molecule has 1 heterocycles. The minimum absolute atomic E-state index is 0.106. The van der Waals surface area contributed by atoms with Crippen molar-refractivity contribution in [2.24, 2.45) is 0 Å². The standard InChI is InChI=1S/C21H22F5N3O2.C2H6/c1-13-11-18(29-9-7-20(22,23)8-10-29)16(12-17(13)27-2)19(30)28-14-3-5-15(6-4-14)31-21(24,25)26;1-2/h3-6,11-12,27H,7-10H2,1-2H3,(H,28,30);1-2H3. The summed E-state index contributed by atoms with van der Waals surface area (Å²) in [6.45, 7) is 6.05. The van der Waals surface area contributed by atoms with Gasteiger partial charge in [-0.05, 0) is 48.9 Å². The van der Waals surface area contributed by atoms with E-state index in [0.29, 0.717) is 11.4 Å². The van der Waals surface area contributed by atoms with Crippen LogP contribution in [0.25, 0.3) is 0 Å². The molecule has 1 aliphatic heterocycles. The highest BCUT2D eigenvalue weighted by atomic mass is 19.4. The van der Waals surface area contributed by atoms with E-state index in [4.69, 9.17) is 0 Å². The monoisotopic (exact) mass is 473 g/mol. The van der Waals surface area contributed by atoms with E-state index in [0.717, 1.165) is 17.7 Å². The van der Waals surface area contributed by atoms with E-state index < -0.39 is 23.9 Å². The molecule has 0 unspecified atom stereocenters. The van der Waals surface area contributed by atoms with E-state index >= 15 is 0 Å². The highest BCUT2D eigenvalue weighted by Gasteiger charge is 2.35. The van der Waals surface area contributed by atoms with Crippen LogP contribution in [0.3, 0.4) is 0 Å². The van der Waals surface area contributed by atoms with Crippen molar-refractivity contribution in [3.8, 4) is 5.75 Å². The van der Waals surface area contributed by atoms with Gasteiger partial charge >= 0.3 is 6.36 Å². The highest BCUT2D eigenvalue weighted by Crippen LogP contribution is 2.35. The Balaban J connectivity index is 0.00000187. The van der Waals surface area contributed by atoms with Crippen LogP contribution < -0.4 is 20.3 Å². The van der Waals surface area contributed by atoms with Crippen LogP contribution in [0.2, 0.25) is 0 Å². The van der Waals surface area contributed by atoms with Crippen molar-refractivity contribution in [1.29, 1.82) is 0 Å². The van der Waals surface area contributed by atoms with Crippen molar-refractivity contribution < 1.29 is 31.5 Å². The lowest BCUT2D eigenvalue weighted by molar-refractivity contribution is -0.274. The van der Waals surface area contributed by atoms with Crippen molar-refractivity contribution in [3.63, 3.8) is 0 Å². The molecule has 0 radical (unpaired) electrons. The quantitative estimate of drug-likeness (QED) is 0.490. The van der Waals surface area contributed by atoms with Gasteiger partial charge in [0.2, 0.25) is 0 Å². The first-order valence-corrected chi connectivity index (χ1v) is 10.6. The van der Waals surface area contributed by atoms with Gasteiger partial charge in [-0.25, -0.2) is 8.78 Å². The third kappa shape index (κ3) is 7.23. The van der Waals surface area contributed by atoms with E-state index in [2.05, 4.69) is 15.4 Å². The van der Waals surface area contributed by atoms with E-state index in [1.807, 2.05) is 20.8 Å². The van der Waals surface area contributed by atoms with Crippen LogP contribution in [-0.2, 0) is 0 Å². The van der Waals surface area contributed by atoms with Gasteiger partial charge in [-0.15, -0.1) is 13.2 Å². The zero-order chi connectivity index (χ0) is 24.8. The van der Waals surface area contributed by atoms with E-state index in [1.54, 1.807) is 24.1 Å². The number of hydrogen-bond acceptors (Lipinski definition) is 4. The molecule has 2 aromatic carbocycles. The molecule has 0 bridgehead atoms. The fraction of sp³-hybridized carbons (Fsp3) is 0.435. The molecule has 2 aromatic rings. The van der Waals surface area contributed by atoms with Crippen molar-refractivity contribution in [2.75, 3.05) is 35.7 Å². The van der Waals surface area contributed by atoms with Gasteiger partial charge in [-0.1, -0.05) is 13.8 Å². The Bertz CT molecular complexity index is 936. The SMILES string of the molecule is CC.CNc1cc(C(=O)Nc2ccc(OC(F)(F)F)cc2)c(N2CCC(F)(F)CC2)cc1C. The van der Waals surface area contributed by atoms with Crippen molar-refractivity contribution >= 4 is 23.0 Å². The molecule has 0 spiro atoms. The number of amides is 1. The summed E-state index contributed by atoms with van der Waals surface area (Å²) in [4.78, 5) is 14.7. The number of nitrogens with zero attached hydrogens (tertiary/aromatic N) is 1. The average Bonchev–Trinajstić information content (AvgIpc) is 2.75. The first-order valence-electron chi connectivity index (χ1n) is 10.6. The van der Waals surface area contributed by atoms with Gasteiger partial charge in [0, 0.05) is 50.0 Å². The minimum Gasteiger partial charge on any atom is -0.406 e. The third-order valence-electron chi connectivity index (χ3n) is 5.04. The normalized spacial score (nSPS) is 15.2. The first kappa shape index (κ1) is 26.2. The summed E-state index contributed by atoms with van der Waals surface area (Å²) >= 11 is 0. The molecule has 33 heavy (non-hydrogen) atoms. The molecule has 1 amide bonds. The molecule has 1 aliphatic rings. The summed E-state index contributed by atoms with van der Waals surface area (Å²) in [6.07, 6.45) is -5.42. The number of alkyl halides is 5. The smallest absolute Gasteiger partial charge is 0.406 e. The van der Waals surface area contributed by atoms with Crippen molar-refractivity contribution in [3.05, 3.63) is 47.5 Å². The predicted octanol–water partition coefficient (Wildman–Crippen LogP) is 6.45. The van der Waals surface area contributed by atoms with Crippen LogP contribution in [0, 0.1) is 6.92 Å². The second-order valence-corrected chi connectivity index (χ2v) is 7.30. The van der Waals surface area contributed by atoms with Crippen LogP contribution in [0.5, 0.6) is 5.75 Å². The number of ether oxygens (including phenoxy) is 1. The number of piperidine rings is 1. The number of anilines is 3. The summed E-state index contributed by atoms with van der Waals surface area (Å²) < 4.78 is 67.9. The Morgan fingerprint density at radius 1 is 1.06 bits per heavy atom. The Kier molecular flexibility index (Phi) is 8.51. The third-order valence-corrected chi connectivity index (χ3v) is 5.04. The van der Waals surface area contributed by atoms with E-state index in [1.165, 1.54) is 12.1 Å². The maximum Gasteiger partial charge on any atom is 0.573 e. The summed E-state index contributed by atoms with van der Waals surface area (Å²) in [5.74, 6) is -3.64. The first-order chi connectivity index (χ1) is 15.5. The number of hydrogen-bond donors (Lipinski definition) is 2. The number of aryl methyl sites for hydroxylation is 1. The average molecular weight is 473 g/mol. The summed E-state index contributed by atoms with van der Waals surface area (Å²) in [5.41, 5.74) is 2.62. The molecule has 0 atom stereocenters. The molecule has 0 aromatic heterocycles. The number of nitrogens with one attached hydrogen (secondary N) is 2. The zero-order valence-electron chi connectivity index (χ0n) is 18.9. The second kappa shape index (κ2) is 10.7.